The number of hydrogen-bond acceptors (Lipinski definition) is 0. The van der Waals surface area contributed by atoms with Gasteiger partial charge in [0.15, 0.2) is 18.6 Å². The average molecular weight is 401 g/mol. The van der Waals surface area contributed by atoms with Crippen molar-refractivity contribution in [2.24, 2.45) is 0 Å². The second-order valence-corrected chi connectivity index (χ2v) is 8.78. The van der Waals surface area contributed by atoms with Crippen LogP contribution in [0, 0.1) is 0 Å². The molecule has 6 rings (SSSR count). The Morgan fingerprint density at radius 2 is 1.26 bits per heavy atom. The first-order valence-electron chi connectivity index (χ1n) is 10.8. The van der Waals surface area contributed by atoms with Crippen LogP contribution in [0.5, 0.6) is 0 Å². The van der Waals surface area contributed by atoms with E-state index >= 15 is 0 Å². The van der Waals surface area contributed by atoms with Gasteiger partial charge in [0.2, 0.25) is 16.9 Å². The normalized spacial score (nSPS) is 13.7. The summed E-state index contributed by atoms with van der Waals surface area (Å²) in [5.74, 6) is 0. The van der Waals surface area contributed by atoms with Gasteiger partial charge in [0.25, 0.3) is 0 Å². The molecule has 0 fully saturated rings. The van der Waals surface area contributed by atoms with E-state index in [0.29, 0.717) is 0 Å². The molecule has 0 saturated heterocycles. The van der Waals surface area contributed by atoms with Gasteiger partial charge < -0.3 is 0 Å². The fourth-order valence-electron chi connectivity index (χ4n) is 4.99. The van der Waals surface area contributed by atoms with E-state index in [1.54, 1.807) is 0 Å². The maximum Gasteiger partial charge on any atom is 0.219 e. The topological polar surface area (TPSA) is 7.76 Å². The molecule has 148 valence electrons. The number of rotatable bonds is 2. The zero-order valence-electron chi connectivity index (χ0n) is 17.8. The first-order chi connectivity index (χ1) is 15.1. The monoisotopic (exact) mass is 400 g/mol. The van der Waals surface area contributed by atoms with Crippen molar-refractivity contribution in [2.45, 2.75) is 19.3 Å². The molecule has 2 heteroatoms. The van der Waals surface area contributed by atoms with Gasteiger partial charge in [0.1, 0.15) is 0 Å². The Balaban J connectivity index is 1.65. The molecule has 0 bridgehead atoms. The lowest BCUT2D eigenvalue weighted by Gasteiger charge is -2.19. The minimum absolute atomic E-state index is 0.0942. The summed E-state index contributed by atoms with van der Waals surface area (Å²) in [7, 11) is 0. The van der Waals surface area contributed by atoms with E-state index in [0.717, 1.165) is 0 Å². The highest BCUT2D eigenvalue weighted by atomic mass is 15.0. The van der Waals surface area contributed by atoms with Gasteiger partial charge in [-0.15, -0.1) is 0 Å². The van der Waals surface area contributed by atoms with Gasteiger partial charge in [-0.25, -0.2) is 0 Å². The quantitative estimate of drug-likeness (QED) is 0.336. The largest absolute Gasteiger partial charge is 0.219 e. The third kappa shape index (κ3) is 2.65. The van der Waals surface area contributed by atoms with E-state index in [2.05, 4.69) is 133 Å². The second-order valence-electron chi connectivity index (χ2n) is 8.78. The van der Waals surface area contributed by atoms with E-state index in [1.165, 1.54) is 44.5 Å². The van der Waals surface area contributed by atoms with Gasteiger partial charge in [-0.2, -0.15) is 9.13 Å². The molecule has 0 atom stereocenters. The van der Waals surface area contributed by atoms with E-state index < -0.39 is 0 Å². The lowest BCUT2D eigenvalue weighted by Crippen LogP contribution is -2.34. The lowest BCUT2D eigenvalue weighted by atomic mass is 9.83. The van der Waals surface area contributed by atoms with Gasteiger partial charge in [-0.1, -0.05) is 62.4 Å². The summed E-state index contributed by atoms with van der Waals surface area (Å²) in [5.41, 5.74) is 8.94. The number of aromatic nitrogens is 2. The Morgan fingerprint density at radius 1 is 0.613 bits per heavy atom. The number of para-hydroxylation sites is 3. The van der Waals surface area contributed by atoms with Crippen LogP contribution in [0.3, 0.4) is 0 Å². The van der Waals surface area contributed by atoms with Gasteiger partial charge in [-0.05, 0) is 11.6 Å². The summed E-state index contributed by atoms with van der Waals surface area (Å²) < 4.78 is 4.58. The van der Waals surface area contributed by atoms with Crippen LogP contribution in [0.15, 0.2) is 110 Å². The van der Waals surface area contributed by atoms with Crippen molar-refractivity contribution in [1.82, 2.24) is 0 Å². The van der Waals surface area contributed by atoms with Crippen LogP contribution in [0.25, 0.3) is 33.4 Å². The van der Waals surface area contributed by atoms with Crippen molar-refractivity contribution in [3.05, 3.63) is 121 Å². The van der Waals surface area contributed by atoms with E-state index in [1.807, 2.05) is 0 Å². The molecule has 2 heterocycles. The smallest absolute Gasteiger partial charge is 0.167 e. The Kier molecular flexibility index (Phi) is 3.85. The highest BCUT2D eigenvalue weighted by Gasteiger charge is 2.42. The fourth-order valence-corrected chi connectivity index (χ4v) is 4.99. The molecule has 2 aromatic heterocycles. The fraction of sp³-hybridized carbons (Fsp3) is 0.103. The molecule has 2 nitrogen and oxygen atoms in total. The maximum absolute atomic E-state index is 2.35. The molecule has 0 spiro atoms. The highest BCUT2D eigenvalue weighted by Crippen LogP contribution is 2.50. The molecular formula is C29H24N2+2. The van der Waals surface area contributed by atoms with Crippen LogP contribution >= 0.6 is 0 Å². The third-order valence-electron chi connectivity index (χ3n) is 6.63. The Bertz CT molecular complexity index is 1430. The summed E-state index contributed by atoms with van der Waals surface area (Å²) >= 11 is 0. The number of nitrogens with zero attached hydrogens (tertiary/aromatic N) is 2. The van der Waals surface area contributed by atoms with Crippen molar-refractivity contribution in [3.63, 3.8) is 0 Å². The molecule has 5 aromatic rings. The molecule has 0 aliphatic heterocycles. The zero-order valence-corrected chi connectivity index (χ0v) is 17.8. The van der Waals surface area contributed by atoms with Crippen LogP contribution in [0.1, 0.15) is 25.0 Å². The molecule has 31 heavy (non-hydrogen) atoms. The molecule has 1 aliphatic rings. The van der Waals surface area contributed by atoms with Crippen LogP contribution in [0.4, 0.5) is 0 Å². The van der Waals surface area contributed by atoms with Crippen LogP contribution in [-0.2, 0) is 5.41 Å². The van der Waals surface area contributed by atoms with Crippen molar-refractivity contribution in [1.29, 1.82) is 0 Å². The summed E-state index contributed by atoms with van der Waals surface area (Å²) in [5, 5.41) is 1.30. The molecule has 0 N–H and O–H groups in total. The SMILES string of the molecule is CC1(C)c2c[n+](-c3ccccc3)ccc2-c2c1c[n+](-c1ccccc1)c1ccccc21. The highest BCUT2D eigenvalue weighted by molar-refractivity contribution is 5.99. The standard InChI is InChI=1S/C29H24N2/c1-29(2)25-19-30(21-11-5-3-6-12-21)18-17-23(25)28-24-15-9-10-16-27(24)31(20-26(28)29)22-13-7-4-8-14-22/h3-20H,1-2H3/q+2. The van der Waals surface area contributed by atoms with Crippen molar-refractivity contribution >= 4 is 10.9 Å². The number of hydrogen-bond donors (Lipinski definition) is 0. The molecule has 0 unspecified atom stereocenters. The van der Waals surface area contributed by atoms with Crippen molar-refractivity contribution < 1.29 is 9.13 Å². The summed E-state index contributed by atoms with van der Waals surface area (Å²) in [6.45, 7) is 4.69. The molecule has 0 radical (unpaired) electrons. The van der Waals surface area contributed by atoms with Gasteiger partial charge in [0.05, 0.1) is 5.39 Å². The van der Waals surface area contributed by atoms with Crippen LogP contribution in [-0.4, -0.2) is 0 Å². The Morgan fingerprint density at radius 3 is 2.00 bits per heavy atom. The first kappa shape index (κ1) is 18.0. The van der Waals surface area contributed by atoms with E-state index in [9.17, 15) is 0 Å². The predicted octanol–water partition coefficient (Wildman–Crippen LogP) is 5.70. The lowest BCUT2D eigenvalue weighted by molar-refractivity contribution is -0.596. The second kappa shape index (κ2) is 6.61. The zero-order chi connectivity index (χ0) is 21.0. The molecule has 3 aromatic carbocycles. The minimum Gasteiger partial charge on any atom is -0.167 e. The van der Waals surface area contributed by atoms with Crippen molar-refractivity contribution in [3.8, 4) is 22.5 Å². The summed E-state index contributed by atoms with van der Waals surface area (Å²) in [6.07, 6.45) is 6.85. The Labute approximate surface area is 182 Å². The van der Waals surface area contributed by atoms with Crippen LogP contribution in [0.2, 0.25) is 0 Å². The maximum atomic E-state index is 2.35. The minimum atomic E-state index is -0.0942. The number of pyridine rings is 2. The average Bonchev–Trinajstić information content (AvgIpc) is 3.06. The predicted molar refractivity (Wildman–Crippen MR) is 125 cm³/mol. The van der Waals surface area contributed by atoms with Crippen LogP contribution < -0.4 is 9.13 Å². The number of benzene rings is 3. The van der Waals surface area contributed by atoms with Gasteiger partial charge in [0, 0.05) is 58.5 Å². The molecule has 0 saturated carbocycles. The summed E-state index contributed by atoms with van der Waals surface area (Å²) in [6, 6.07) is 32.2. The van der Waals surface area contributed by atoms with E-state index in [-0.39, 0.29) is 5.41 Å². The van der Waals surface area contributed by atoms with E-state index in [4.69, 9.17) is 0 Å². The molecule has 0 amide bonds. The Hall–Kier alpha value is -3.78. The number of fused-ring (bicyclic) bond motifs is 5. The molecule has 1 aliphatic carbocycles. The summed E-state index contributed by atoms with van der Waals surface area (Å²) in [4.78, 5) is 0. The molecular weight excluding hydrogens is 376 g/mol. The van der Waals surface area contributed by atoms with Crippen molar-refractivity contribution in [2.75, 3.05) is 0 Å². The third-order valence-corrected chi connectivity index (χ3v) is 6.63. The first-order valence-corrected chi connectivity index (χ1v) is 10.8. The van der Waals surface area contributed by atoms with Gasteiger partial charge >= 0.3 is 0 Å². The van der Waals surface area contributed by atoms with Gasteiger partial charge in [-0.3, -0.25) is 0 Å².